The maximum Gasteiger partial charge on any atom is 0.250 e. The highest BCUT2D eigenvalue weighted by atomic mass is 19.1. The number of aromatic nitrogens is 4. The van der Waals surface area contributed by atoms with Crippen LogP contribution in [0.3, 0.4) is 0 Å². The lowest BCUT2D eigenvalue weighted by Crippen LogP contribution is -2.46. The third-order valence-corrected chi connectivity index (χ3v) is 5.78. The van der Waals surface area contributed by atoms with Crippen LogP contribution in [0.25, 0.3) is 0 Å². The number of hydrogen-bond acceptors (Lipinski definition) is 6. The molecule has 1 aliphatic rings. The Morgan fingerprint density at radius 1 is 1.22 bits per heavy atom. The Hall–Kier alpha value is -3.49. The van der Waals surface area contributed by atoms with Crippen LogP contribution in [0, 0.1) is 12.7 Å². The van der Waals surface area contributed by atoms with Crippen molar-refractivity contribution in [2.45, 2.75) is 45.7 Å². The standard InChI is InChI=1S/C23H27FN6O2/c1-5-19-22(31)28-21-14(2)27-17(9-20(21)29(19)3)7-6-15-11-26-30(12-15)13-16-8-18(24)23(32-4)25-10-16/h8-12,19H,5-7,13H2,1-4H3,(H,28,31)/t19-/m0/s1. The summed E-state index contributed by atoms with van der Waals surface area (Å²) in [5.74, 6) is -0.490. The highest BCUT2D eigenvalue weighted by molar-refractivity contribution is 6.04. The highest BCUT2D eigenvalue weighted by Gasteiger charge is 2.30. The fourth-order valence-electron chi connectivity index (χ4n) is 4.07. The van der Waals surface area contributed by atoms with E-state index in [9.17, 15) is 9.18 Å². The van der Waals surface area contributed by atoms with Gasteiger partial charge in [0.25, 0.3) is 0 Å². The summed E-state index contributed by atoms with van der Waals surface area (Å²) >= 11 is 0. The number of carbonyl (C=O) groups is 1. The summed E-state index contributed by atoms with van der Waals surface area (Å²) < 4.78 is 20.5. The quantitative estimate of drug-likeness (QED) is 0.610. The minimum absolute atomic E-state index is 0.0134. The smallest absolute Gasteiger partial charge is 0.250 e. The second kappa shape index (κ2) is 8.94. The Morgan fingerprint density at radius 3 is 2.75 bits per heavy atom. The van der Waals surface area contributed by atoms with Gasteiger partial charge in [0, 0.05) is 25.1 Å². The van der Waals surface area contributed by atoms with E-state index in [-0.39, 0.29) is 17.8 Å². The van der Waals surface area contributed by atoms with E-state index in [1.54, 1.807) is 10.9 Å². The number of fused-ring (bicyclic) bond motifs is 1. The van der Waals surface area contributed by atoms with E-state index in [2.05, 4.69) is 21.5 Å². The molecule has 0 aliphatic carbocycles. The number of nitrogens with one attached hydrogen (secondary N) is 1. The van der Waals surface area contributed by atoms with Crippen LogP contribution < -0.4 is 15.0 Å². The number of carbonyl (C=O) groups excluding carboxylic acids is 1. The van der Waals surface area contributed by atoms with Gasteiger partial charge in [0.05, 0.1) is 36.9 Å². The van der Waals surface area contributed by atoms with E-state index < -0.39 is 5.82 Å². The van der Waals surface area contributed by atoms with Crippen LogP contribution in [0.2, 0.25) is 0 Å². The number of rotatable bonds is 7. The Balaban J connectivity index is 1.44. The molecule has 3 aromatic rings. The summed E-state index contributed by atoms with van der Waals surface area (Å²) in [6.45, 7) is 4.35. The molecule has 8 nitrogen and oxygen atoms in total. The highest BCUT2D eigenvalue weighted by Crippen LogP contribution is 2.34. The summed E-state index contributed by atoms with van der Waals surface area (Å²) in [7, 11) is 3.34. The van der Waals surface area contributed by atoms with E-state index >= 15 is 0 Å². The minimum Gasteiger partial charge on any atom is -0.479 e. The number of pyridine rings is 2. The van der Waals surface area contributed by atoms with Crippen molar-refractivity contribution >= 4 is 17.3 Å². The number of halogens is 1. The van der Waals surface area contributed by atoms with Crippen LogP contribution in [0.15, 0.2) is 30.7 Å². The van der Waals surface area contributed by atoms with E-state index in [0.717, 1.165) is 47.6 Å². The van der Waals surface area contributed by atoms with Gasteiger partial charge in [-0.25, -0.2) is 9.37 Å². The van der Waals surface area contributed by atoms with Crippen LogP contribution >= 0.6 is 0 Å². The Morgan fingerprint density at radius 2 is 2.03 bits per heavy atom. The fourth-order valence-corrected chi connectivity index (χ4v) is 4.07. The maximum absolute atomic E-state index is 13.9. The van der Waals surface area contributed by atoms with Crippen molar-refractivity contribution in [1.29, 1.82) is 0 Å². The van der Waals surface area contributed by atoms with Gasteiger partial charge in [0.2, 0.25) is 11.8 Å². The zero-order chi connectivity index (χ0) is 22.8. The van der Waals surface area contributed by atoms with Crippen molar-refractivity contribution < 1.29 is 13.9 Å². The molecule has 0 unspecified atom stereocenters. The van der Waals surface area contributed by atoms with Crippen molar-refractivity contribution in [2.24, 2.45) is 0 Å². The molecule has 0 fully saturated rings. The SMILES string of the molecule is CC[C@H]1C(=O)Nc2c(cc(CCc3cnn(Cc4cnc(OC)c(F)c4)c3)nc2C)N1C. The molecule has 168 valence electrons. The van der Waals surface area contributed by atoms with E-state index in [1.807, 2.05) is 38.2 Å². The van der Waals surface area contributed by atoms with Crippen molar-refractivity contribution in [3.8, 4) is 5.88 Å². The first-order valence-corrected chi connectivity index (χ1v) is 10.6. The van der Waals surface area contributed by atoms with Crippen molar-refractivity contribution in [1.82, 2.24) is 19.7 Å². The average molecular weight is 439 g/mol. The van der Waals surface area contributed by atoms with Gasteiger partial charge >= 0.3 is 0 Å². The topological polar surface area (TPSA) is 85.2 Å². The summed E-state index contributed by atoms with van der Waals surface area (Å²) in [5.41, 5.74) is 5.35. The zero-order valence-corrected chi connectivity index (χ0v) is 18.7. The molecule has 4 heterocycles. The van der Waals surface area contributed by atoms with Gasteiger partial charge < -0.3 is 15.0 Å². The van der Waals surface area contributed by atoms with Crippen molar-refractivity contribution in [3.63, 3.8) is 0 Å². The van der Waals surface area contributed by atoms with Gasteiger partial charge in [0.1, 0.15) is 6.04 Å². The molecule has 0 radical (unpaired) electrons. The lowest BCUT2D eigenvalue weighted by molar-refractivity contribution is -0.117. The van der Waals surface area contributed by atoms with Gasteiger partial charge in [-0.05, 0) is 49.4 Å². The van der Waals surface area contributed by atoms with Crippen LogP contribution in [0.5, 0.6) is 5.88 Å². The molecule has 0 aromatic carbocycles. The monoisotopic (exact) mass is 438 g/mol. The molecule has 0 saturated heterocycles. The lowest BCUT2D eigenvalue weighted by atomic mass is 10.0. The van der Waals surface area contributed by atoms with Crippen LogP contribution in [-0.4, -0.2) is 45.9 Å². The Bertz CT molecular complexity index is 1150. The number of hydrogen-bond donors (Lipinski definition) is 1. The number of anilines is 2. The lowest BCUT2D eigenvalue weighted by Gasteiger charge is -2.35. The van der Waals surface area contributed by atoms with E-state index in [1.165, 1.54) is 13.2 Å². The molecule has 32 heavy (non-hydrogen) atoms. The van der Waals surface area contributed by atoms with Crippen LogP contribution in [-0.2, 0) is 24.2 Å². The number of likely N-dealkylation sites (N-methyl/N-ethyl adjacent to an activating group) is 1. The zero-order valence-electron chi connectivity index (χ0n) is 18.7. The number of ether oxygens (including phenoxy) is 1. The molecule has 4 rings (SSSR count). The second-order valence-electron chi connectivity index (χ2n) is 8.00. The second-order valence-corrected chi connectivity index (χ2v) is 8.00. The first-order chi connectivity index (χ1) is 15.4. The number of methoxy groups -OCH3 is 1. The largest absolute Gasteiger partial charge is 0.479 e. The molecule has 1 N–H and O–H groups in total. The van der Waals surface area contributed by atoms with Crippen molar-refractivity contribution in [3.05, 3.63) is 59.1 Å². The van der Waals surface area contributed by atoms with E-state index in [0.29, 0.717) is 12.1 Å². The molecular formula is C23H27FN6O2. The number of aryl methyl sites for hydroxylation is 3. The number of nitrogens with zero attached hydrogens (tertiary/aromatic N) is 5. The molecular weight excluding hydrogens is 411 g/mol. The predicted octanol–water partition coefficient (Wildman–Crippen LogP) is 3.13. The Kier molecular flexibility index (Phi) is 6.07. The summed E-state index contributed by atoms with van der Waals surface area (Å²) in [6, 6.07) is 3.29. The molecule has 9 heteroatoms. The predicted molar refractivity (Wildman–Crippen MR) is 120 cm³/mol. The van der Waals surface area contributed by atoms with Gasteiger partial charge in [-0.2, -0.15) is 5.10 Å². The average Bonchev–Trinajstić information content (AvgIpc) is 3.21. The molecule has 1 aliphatic heterocycles. The fraction of sp³-hybridized carbons (Fsp3) is 0.391. The Labute approximate surface area is 186 Å². The molecule has 0 saturated carbocycles. The summed E-state index contributed by atoms with van der Waals surface area (Å²) in [6.07, 6.45) is 7.61. The van der Waals surface area contributed by atoms with Crippen LogP contribution in [0.4, 0.5) is 15.8 Å². The molecule has 1 atom stereocenters. The van der Waals surface area contributed by atoms with Gasteiger partial charge in [-0.1, -0.05) is 6.92 Å². The molecule has 1 amide bonds. The minimum atomic E-state index is -0.488. The van der Waals surface area contributed by atoms with E-state index in [4.69, 9.17) is 9.72 Å². The first kappa shape index (κ1) is 21.7. The summed E-state index contributed by atoms with van der Waals surface area (Å²) in [5, 5.41) is 7.39. The molecule has 0 spiro atoms. The van der Waals surface area contributed by atoms with Gasteiger partial charge in [0.15, 0.2) is 5.82 Å². The maximum atomic E-state index is 13.9. The van der Waals surface area contributed by atoms with Crippen LogP contribution in [0.1, 0.15) is 35.9 Å². The first-order valence-electron chi connectivity index (χ1n) is 10.6. The third kappa shape index (κ3) is 4.28. The third-order valence-electron chi connectivity index (χ3n) is 5.78. The summed E-state index contributed by atoms with van der Waals surface area (Å²) in [4.78, 5) is 23.0. The molecule has 3 aromatic heterocycles. The number of amides is 1. The van der Waals surface area contributed by atoms with Crippen molar-refractivity contribution in [2.75, 3.05) is 24.4 Å². The molecule has 0 bridgehead atoms. The van der Waals surface area contributed by atoms with Gasteiger partial charge in [-0.3, -0.25) is 14.5 Å². The van der Waals surface area contributed by atoms with Gasteiger partial charge in [-0.15, -0.1) is 0 Å². The normalized spacial score (nSPS) is 15.5.